The molecule has 0 atom stereocenters. The van der Waals surface area contributed by atoms with Crippen LogP contribution in [0, 0.1) is 0 Å². The number of rotatable bonds is 9. The van der Waals surface area contributed by atoms with Crippen molar-refractivity contribution < 1.29 is 14.0 Å². The SMILES string of the molecule is CN=C(NCCc1nc(C(C)C)no1)NCC1(c2ccc(OC)c(OC)c2)CCCCC1. The minimum Gasteiger partial charge on any atom is -0.493 e. The molecular weight excluding hydrogens is 406 g/mol. The first-order valence-electron chi connectivity index (χ1n) is 11.5. The first kappa shape index (κ1) is 23.9. The van der Waals surface area contributed by atoms with Crippen molar-refractivity contribution in [2.24, 2.45) is 4.99 Å². The van der Waals surface area contributed by atoms with Gasteiger partial charge in [-0.15, -0.1) is 0 Å². The topological polar surface area (TPSA) is 93.8 Å². The summed E-state index contributed by atoms with van der Waals surface area (Å²) in [5.41, 5.74) is 1.32. The maximum absolute atomic E-state index is 5.57. The second-order valence-corrected chi connectivity index (χ2v) is 8.71. The van der Waals surface area contributed by atoms with Crippen molar-refractivity contribution in [1.82, 2.24) is 20.8 Å². The number of hydrogen-bond acceptors (Lipinski definition) is 6. The van der Waals surface area contributed by atoms with Crippen molar-refractivity contribution >= 4 is 5.96 Å². The number of guanidine groups is 1. The molecule has 1 aromatic heterocycles. The summed E-state index contributed by atoms with van der Waals surface area (Å²) in [6.45, 7) is 5.58. The molecule has 3 rings (SSSR count). The molecule has 0 amide bonds. The molecule has 0 saturated heterocycles. The Morgan fingerprint density at radius 2 is 1.88 bits per heavy atom. The average molecular weight is 444 g/mol. The van der Waals surface area contributed by atoms with Crippen LogP contribution in [0.4, 0.5) is 0 Å². The van der Waals surface area contributed by atoms with E-state index in [2.05, 4.69) is 51.7 Å². The molecular formula is C24H37N5O3. The molecule has 8 nitrogen and oxygen atoms in total. The molecule has 1 aromatic carbocycles. The van der Waals surface area contributed by atoms with Gasteiger partial charge in [0.2, 0.25) is 5.89 Å². The van der Waals surface area contributed by atoms with E-state index in [4.69, 9.17) is 14.0 Å². The van der Waals surface area contributed by atoms with E-state index in [1.807, 2.05) is 6.07 Å². The van der Waals surface area contributed by atoms with Crippen molar-refractivity contribution in [3.05, 3.63) is 35.5 Å². The van der Waals surface area contributed by atoms with Gasteiger partial charge in [-0.2, -0.15) is 4.98 Å². The Morgan fingerprint density at radius 3 is 2.50 bits per heavy atom. The summed E-state index contributed by atoms with van der Waals surface area (Å²) < 4.78 is 16.3. The first-order chi connectivity index (χ1) is 15.5. The summed E-state index contributed by atoms with van der Waals surface area (Å²) >= 11 is 0. The van der Waals surface area contributed by atoms with E-state index >= 15 is 0 Å². The van der Waals surface area contributed by atoms with Gasteiger partial charge in [0.15, 0.2) is 23.3 Å². The molecule has 1 fully saturated rings. The first-order valence-corrected chi connectivity index (χ1v) is 11.5. The average Bonchev–Trinajstić information content (AvgIpc) is 3.30. The third-order valence-electron chi connectivity index (χ3n) is 6.26. The molecule has 2 N–H and O–H groups in total. The van der Waals surface area contributed by atoms with Crippen molar-refractivity contribution in [1.29, 1.82) is 0 Å². The lowest BCUT2D eigenvalue weighted by atomic mass is 9.69. The van der Waals surface area contributed by atoms with Crippen LogP contribution >= 0.6 is 0 Å². The molecule has 0 spiro atoms. The van der Waals surface area contributed by atoms with E-state index in [9.17, 15) is 0 Å². The highest BCUT2D eigenvalue weighted by molar-refractivity contribution is 5.79. The van der Waals surface area contributed by atoms with Gasteiger partial charge in [0.05, 0.1) is 14.2 Å². The maximum atomic E-state index is 5.57. The van der Waals surface area contributed by atoms with Gasteiger partial charge in [-0.1, -0.05) is 44.3 Å². The molecule has 1 heterocycles. The molecule has 0 bridgehead atoms. The summed E-state index contributed by atoms with van der Waals surface area (Å²) in [6, 6.07) is 6.31. The fraction of sp³-hybridized carbons (Fsp3) is 0.625. The van der Waals surface area contributed by atoms with Crippen LogP contribution in [0.25, 0.3) is 0 Å². The largest absolute Gasteiger partial charge is 0.493 e. The zero-order chi connectivity index (χ0) is 23.0. The Bertz CT molecular complexity index is 888. The molecule has 176 valence electrons. The number of methoxy groups -OCH3 is 2. The predicted molar refractivity (Wildman–Crippen MR) is 126 cm³/mol. The van der Waals surface area contributed by atoms with Gasteiger partial charge >= 0.3 is 0 Å². The maximum Gasteiger partial charge on any atom is 0.228 e. The number of hydrogen-bond donors (Lipinski definition) is 2. The van der Waals surface area contributed by atoms with Crippen LogP contribution in [0.1, 0.15) is 69.1 Å². The molecule has 2 aromatic rings. The van der Waals surface area contributed by atoms with E-state index in [0.717, 1.165) is 42.7 Å². The van der Waals surface area contributed by atoms with Crippen LogP contribution in [0.3, 0.4) is 0 Å². The third kappa shape index (κ3) is 5.72. The van der Waals surface area contributed by atoms with E-state index < -0.39 is 0 Å². The molecule has 1 aliphatic carbocycles. The molecule has 8 heteroatoms. The fourth-order valence-electron chi connectivity index (χ4n) is 4.33. The third-order valence-corrected chi connectivity index (χ3v) is 6.26. The van der Waals surface area contributed by atoms with Crippen LogP contribution in [-0.2, 0) is 11.8 Å². The van der Waals surface area contributed by atoms with Crippen LogP contribution in [0.5, 0.6) is 11.5 Å². The Labute approximate surface area is 191 Å². The van der Waals surface area contributed by atoms with Gasteiger partial charge in [-0.05, 0) is 30.5 Å². The van der Waals surface area contributed by atoms with Gasteiger partial charge in [0.1, 0.15) is 0 Å². The Kier molecular flexibility index (Phi) is 8.36. The zero-order valence-corrected chi connectivity index (χ0v) is 20.0. The Morgan fingerprint density at radius 1 is 1.12 bits per heavy atom. The van der Waals surface area contributed by atoms with Crippen LogP contribution in [0.15, 0.2) is 27.7 Å². The normalized spacial score (nSPS) is 16.1. The number of aliphatic imine (C=N–C) groups is 1. The molecule has 32 heavy (non-hydrogen) atoms. The number of benzene rings is 1. The van der Waals surface area contributed by atoms with Gasteiger partial charge in [0, 0.05) is 37.9 Å². The summed E-state index contributed by atoms with van der Waals surface area (Å²) in [4.78, 5) is 8.84. The fourth-order valence-corrected chi connectivity index (χ4v) is 4.33. The van der Waals surface area contributed by atoms with Crippen molar-refractivity contribution in [3.63, 3.8) is 0 Å². The molecule has 0 aliphatic heterocycles. The summed E-state index contributed by atoms with van der Waals surface area (Å²) in [7, 11) is 5.15. The Balaban J connectivity index is 1.63. The predicted octanol–water partition coefficient (Wildman–Crippen LogP) is 3.82. The number of aromatic nitrogens is 2. The lowest BCUT2D eigenvalue weighted by Gasteiger charge is -2.38. The summed E-state index contributed by atoms with van der Waals surface area (Å²) in [5, 5.41) is 10.9. The van der Waals surface area contributed by atoms with Crippen LogP contribution in [-0.4, -0.2) is 50.5 Å². The standard InChI is InChI=1S/C24H37N5O3/c1-17(2)22-28-21(32-29-22)11-14-26-23(25-3)27-16-24(12-7-6-8-13-24)18-9-10-19(30-4)20(15-18)31-5/h9-10,15,17H,6-8,11-14,16H2,1-5H3,(H2,25,26,27). The molecule has 0 radical (unpaired) electrons. The smallest absolute Gasteiger partial charge is 0.228 e. The monoisotopic (exact) mass is 443 g/mol. The highest BCUT2D eigenvalue weighted by Gasteiger charge is 2.34. The summed E-state index contributed by atoms with van der Waals surface area (Å²) in [5.74, 6) is 3.96. The van der Waals surface area contributed by atoms with Gasteiger partial charge < -0.3 is 24.6 Å². The second-order valence-electron chi connectivity index (χ2n) is 8.71. The molecule has 1 aliphatic rings. The van der Waals surface area contributed by atoms with Crippen LogP contribution < -0.4 is 20.1 Å². The zero-order valence-electron chi connectivity index (χ0n) is 20.0. The highest BCUT2D eigenvalue weighted by atomic mass is 16.5. The van der Waals surface area contributed by atoms with Crippen molar-refractivity contribution in [3.8, 4) is 11.5 Å². The van der Waals surface area contributed by atoms with E-state index in [0.29, 0.717) is 18.9 Å². The highest BCUT2D eigenvalue weighted by Crippen LogP contribution is 2.42. The minimum absolute atomic E-state index is 0.0358. The van der Waals surface area contributed by atoms with Crippen molar-refractivity contribution in [2.75, 3.05) is 34.4 Å². The lowest BCUT2D eigenvalue weighted by Crippen LogP contribution is -2.47. The van der Waals surface area contributed by atoms with Gasteiger partial charge in [-0.25, -0.2) is 0 Å². The van der Waals surface area contributed by atoms with Gasteiger partial charge in [-0.3, -0.25) is 4.99 Å². The Hall–Kier alpha value is -2.77. The number of nitrogens with one attached hydrogen (secondary N) is 2. The molecule has 1 saturated carbocycles. The number of nitrogens with zero attached hydrogens (tertiary/aromatic N) is 3. The quantitative estimate of drug-likeness (QED) is 0.449. The van der Waals surface area contributed by atoms with Crippen LogP contribution in [0.2, 0.25) is 0 Å². The lowest BCUT2D eigenvalue weighted by molar-refractivity contribution is 0.288. The minimum atomic E-state index is 0.0358. The number of ether oxygens (including phenoxy) is 2. The van der Waals surface area contributed by atoms with Crippen molar-refractivity contribution in [2.45, 2.75) is 63.7 Å². The summed E-state index contributed by atoms with van der Waals surface area (Å²) in [6.07, 6.45) is 6.64. The van der Waals surface area contributed by atoms with E-state index in [1.165, 1.54) is 24.8 Å². The molecule has 0 unspecified atom stereocenters. The van der Waals surface area contributed by atoms with E-state index in [-0.39, 0.29) is 11.3 Å². The van der Waals surface area contributed by atoms with Gasteiger partial charge in [0.25, 0.3) is 0 Å². The second kappa shape index (κ2) is 11.2. The van der Waals surface area contributed by atoms with E-state index in [1.54, 1.807) is 21.3 Å².